The molecule has 3 atom stereocenters. The summed E-state index contributed by atoms with van der Waals surface area (Å²) in [6.07, 6.45) is 1.84. The minimum absolute atomic E-state index is 0.212. The maximum atomic E-state index is 11.6. The van der Waals surface area contributed by atoms with Crippen LogP contribution in [0.15, 0.2) is 0 Å². The molecule has 1 aliphatic heterocycles. The molecule has 1 saturated heterocycles. The average Bonchev–Trinajstić information content (AvgIpc) is 2.17. The topological polar surface area (TPSA) is 78.4 Å². The van der Waals surface area contributed by atoms with Crippen molar-refractivity contribution < 1.29 is 14.7 Å². The van der Waals surface area contributed by atoms with Crippen molar-refractivity contribution >= 4 is 11.9 Å². The number of piperidine rings is 1. The maximum absolute atomic E-state index is 11.6. The SMILES string of the molecule is CC1CCNC(C(=O)N[C@@H](C)C(=O)O)C1. The molecule has 0 aliphatic carbocycles. The smallest absolute Gasteiger partial charge is 0.325 e. The molecule has 0 bridgehead atoms. The summed E-state index contributed by atoms with van der Waals surface area (Å²) in [5.41, 5.74) is 0. The van der Waals surface area contributed by atoms with Crippen molar-refractivity contribution in [2.75, 3.05) is 6.54 Å². The van der Waals surface area contributed by atoms with E-state index in [1.807, 2.05) is 0 Å². The molecule has 0 spiro atoms. The first-order valence-electron chi connectivity index (χ1n) is 5.27. The third kappa shape index (κ3) is 3.51. The monoisotopic (exact) mass is 214 g/mol. The summed E-state index contributed by atoms with van der Waals surface area (Å²) < 4.78 is 0. The zero-order chi connectivity index (χ0) is 11.4. The van der Waals surface area contributed by atoms with E-state index in [2.05, 4.69) is 17.6 Å². The molecule has 0 aromatic carbocycles. The lowest BCUT2D eigenvalue weighted by molar-refractivity contribution is -0.141. The largest absolute Gasteiger partial charge is 0.480 e. The van der Waals surface area contributed by atoms with Gasteiger partial charge in [0.2, 0.25) is 5.91 Å². The molecule has 5 nitrogen and oxygen atoms in total. The Morgan fingerprint density at radius 1 is 1.53 bits per heavy atom. The highest BCUT2D eigenvalue weighted by Gasteiger charge is 2.26. The van der Waals surface area contributed by atoms with Gasteiger partial charge in [0.25, 0.3) is 0 Å². The fourth-order valence-electron chi connectivity index (χ4n) is 1.68. The van der Waals surface area contributed by atoms with Gasteiger partial charge < -0.3 is 15.7 Å². The van der Waals surface area contributed by atoms with E-state index >= 15 is 0 Å². The molecule has 0 aromatic heterocycles. The second-order valence-electron chi connectivity index (χ2n) is 4.20. The Bertz CT molecular complexity index is 255. The number of aliphatic carboxylic acids is 1. The summed E-state index contributed by atoms with van der Waals surface area (Å²) in [6.45, 7) is 4.38. The highest BCUT2D eigenvalue weighted by Crippen LogP contribution is 2.14. The Morgan fingerprint density at radius 3 is 2.73 bits per heavy atom. The molecular weight excluding hydrogens is 196 g/mol. The molecule has 1 aliphatic rings. The zero-order valence-electron chi connectivity index (χ0n) is 9.12. The van der Waals surface area contributed by atoms with Crippen LogP contribution < -0.4 is 10.6 Å². The summed E-state index contributed by atoms with van der Waals surface area (Å²) >= 11 is 0. The summed E-state index contributed by atoms with van der Waals surface area (Å²) in [5, 5.41) is 14.2. The predicted molar refractivity (Wildman–Crippen MR) is 55.4 cm³/mol. The van der Waals surface area contributed by atoms with Crippen molar-refractivity contribution in [1.29, 1.82) is 0 Å². The van der Waals surface area contributed by atoms with E-state index < -0.39 is 12.0 Å². The Kier molecular flexibility index (Phi) is 4.08. The van der Waals surface area contributed by atoms with Gasteiger partial charge in [0.15, 0.2) is 0 Å². The number of nitrogens with one attached hydrogen (secondary N) is 2. The summed E-state index contributed by atoms with van der Waals surface area (Å²) in [7, 11) is 0. The summed E-state index contributed by atoms with van der Waals surface area (Å²) in [5.74, 6) is -0.703. The van der Waals surface area contributed by atoms with Crippen LogP contribution in [0, 0.1) is 5.92 Å². The van der Waals surface area contributed by atoms with E-state index in [9.17, 15) is 9.59 Å². The second kappa shape index (κ2) is 5.11. The molecule has 1 fully saturated rings. The van der Waals surface area contributed by atoms with Crippen molar-refractivity contribution in [3.63, 3.8) is 0 Å². The van der Waals surface area contributed by atoms with Gasteiger partial charge in [0.05, 0.1) is 6.04 Å². The second-order valence-corrected chi connectivity index (χ2v) is 4.20. The fraction of sp³-hybridized carbons (Fsp3) is 0.800. The Balaban J connectivity index is 2.42. The van der Waals surface area contributed by atoms with Crippen molar-refractivity contribution in [1.82, 2.24) is 10.6 Å². The standard InChI is InChI=1S/C10H18N2O3/c1-6-3-4-11-8(5-6)9(13)12-7(2)10(14)15/h6-8,11H,3-5H2,1-2H3,(H,12,13)(H,14,15)/t6?,7-,8?/m0/s1. The van der Waals surface area contributed by atoms with E-state index in [0.29, 0.717) is 5.92 Å². The molecule has 2 unspecified atom stereocenters. The normalized spacial score (nSPS) is 28.1. The molecule has 86 valence electrons. The number of amides is 1. The van der Waals surface area contributed by atoms with Gasteiger partial charge in [-0.15, -0.1) is 0 Å². The minimum Gasteiger partial charge on any atom is -0.480 e. The first kappa shape index (κ1) is 12.0. The van der Waals surface area contributed by atoms with Gasteiger partial charge in [-0.25, -0.2) is 0 Å². The van der Waals surface area contributed by atoms with Crippen LogP contribution in [0.1, 0.15) is 26.7 Å². The molecule has 5 heteroatoms. The maximum Gasteiger partial charge on any atom is 0.325 e. The zero-order valence-corrected chi connectivity index (χ0v) is 9.12. The minimum atomic E-state index is -1.01. The van der Waals surface area contributed by atoms with Crippen LogP contribution in [0.2, 0.25) is 0 Å². The Labute approximate surface area is 89.2 Å². The molecule has 1 amide bonds. The first-order chi connectivity index (χ1) is 7.00. The lowest BCUT2D eigenvalue weighted by Crippen LogP contribution is -2.51. The molecule has 0 radical (unpaired) electrons. The van der Waals surface area contributed by atoms with Gasteiger partial charge in [-0.2, -0.15) is 0 Å². The molecule has 3 N–H and O–H groups in total. The van der Waals surface area contributed by atoms with Gasteiger partial charge in [-0.05, 0) is 32.2 Å². The van der Waals surface area contributed by atoms with Gasteiger partial charge in [0.1, 0.15) is 6.04 Å². The van der Waals surface area contributed by atoms with Crippen LogP contribution in [0.25, 0.3) is 0 Å². The van der Waals surface area contributed by atoms with Crippen LogP contribution in [-0.2, 0) is 9.59 Å². The molecular formula is C10H18N2O3. The van der Waals surface area contributed by atoms with Crippen molar-refractivity contribution in [3.05, 3.63) is 0 Å². The van der Waals surface area contributed by atoms with Crippen molar-refractivity contribution in [2.45, 2.75) is 38.8 Å². The number of rotatable bonds is 3. The van der Waals surface area contributed by atoms with Crippen LogP contribution in [0.5, 0.6) is 0 Å². The van der Waals surface area contributed by atoms with Crippen LogP contribution >= 0.6 is 0 Å². The van der Waals surface area contributed by atoms with Gasteiger partial charge in [-0.1, -0.05) is 6.92 Å². The Morgan fingerprint density at radius 2 is 2.20 bits per heavy atom. The lowest BCUT2D eigenvalue weighted by atomic mass is 9.94. The first-order valence-corrected chi connectivity index (χ1v) is 5.27. The Hall–Kier alpha value is -1.10. The highest BCUT2D eigenvalue weighted by molar-refractivity contribution is 5.86. The molecule has 1 rings (SSSR count). The number of carbonyl (C=O) groups is 2. The number of carboxylic acids is 1. The van der Waals surface area contributed by atoms with Crippen LogP contribution in [0.4, 0.5) is 0 Å². The van der Waals surface area contributed by atoms with E-state index in [4.69, 9.17) is 5.11 Å². The third-order valence-electron chi connectivity index (χ3n) is 2.71. The molecule has 0 saturated carbocycles. The summed E-state index contributed by atoms with van der Waals surface area (Å²) in [6, 6.07) is -1.06. The number of hydrogen-bond donors (Lipinski definition) is 3. The van der Waals surface area contributed by atoms with E-state index in [0.717, 1.165) is 19.4 Å². The van der Waals surface area contributed by atoms with E-state index in [1.54, 1.807) is 0 Å². The number of carbonyl (C=O) groups excluding carboxylic acids is 1. The van der Waals surface area contributed by atoms with E-state index in [1.165, 1.54) is 6.92 Å². The molecule has 15 heavy (non-hydrogen) atoms. The molecule has 1 heterocycles. The van der Waals surface area contributed by atoms with Gasteiger partial charge in [-0.3, -0.25) is 9.59 Å². The van der Waals surface area contributed by atoms with Crippen molar-refractivity contribution in [2.24, 2.45) is 5.92 Å². The third-order valence-corrected chi connectivity index (χ3v) is 2.71. The van der Waals surface area contributed by atoms with Crippen molar-refractivity contribution in [3.8, 4) is 0 Å². The van der Waals surface area contributed by atoms with Crippen LogP contribution in [0.3, 0.4) is 0 Å². The highest BCUT2D eigenvalue weighted by atomic mass is 16.4. The quantitative estimate of drug-likeness (QED) is 0.616. The lowest BCUT2D eigenvalue weighted by Gasteiger charge is -2.27. The van der Waals surface area contributed by atoms with Gasteiger partial charge in [0, 0.05) is 0 Å². The van der Waals surface area contributed by atoms with Crippen LogP contribution in [-0.4, -0.2) is 35.6 Å². The predicted octanol–water partition coefficient (Wildman–Crippen LogP) is -0.0362. The van der Waals surface area contributed by atoms with Gasteiger partial charge >= 0.3 is 5.97 Å². The average molecular weight is 214 g/mol. The summed E-state index contributed by atoms with van der Waals surface area (Å²) in [4.78, 5) is 22.2. The number of carboxylic acid groups (broad SMARTS) is 1. The number of hydrogen-bond acceptors (Lipinski definition) is 3. The fourth-order valence-corrected chi connectivity index (χ4v) is 1.68. The van der Waals surface area contributed by atoms with E-state index in [-0.39, 0.29) is 11.9 Å². The molecule has 0 aromatic rings.